The van der Waals surface area contributed by atoms with Crippen LogP contribution in [0.1, 0.15) is 37.6 Å². The van der Waals surface area contributed by atoms with E-state index >= 15 is 0 Å². The molecular formula is C12H21N3O5S. The summed E-state index contributed by atoms with van der Waals surface area (Å²) in [6.07, 6.45) is 1.44. The number of hydrogen-bond acceptors (Lipinski definition) is 6. The molecule has 0 aromatic carbocycles. The lowest BCUT2D eigenvalue weighted by Crippen LogP contribution is -2.38. The number of carbonyl (C=O) groups is 1. The zero-order valence-corrected chi connectivity index (χ0v) is 13.2. The van der Waals surface area contributed by atoms with Crippen molar-refractivity contribution in [1.82, 2.24) is 14.5 Å². The normalized spacial score (nSPS) is 12.1. The second-order valence-corrected chi connectivity index (χ2v) is 6.45. The van der Waals surface area contributed by atoms with Gasteiger partial charge < -0.3 is 9.84 Å². The van der Waals surface area contributed by atoms with Crippen molar-refractivity contribution >= 4 is 16.0 Å². The van der Waals surface area contributed by atoms with E-state index in [1.165, 1.54) is 4.31 Å². The Bertz CT molecular complexity index is 567. The number of sulfonamides is 1. The highest BCUT2D eigenvalue weighted by atomic mass is 32.2. The van der Waals surface area contributed by atoms with Crippen LogP contribution < -0.4 is 0 Å². The average Bonchev–Trinajstić information content (AvgIpc) is 2.88. The smallest absolute Gasteiger partial charge is 0.342 e. The summed E-state index contributed by atoms with van der Waals surface area (Å²) in [5, 5.41) is 14.6. The minimum Gasteiger partial charge on any atom is -0.462 e. The number of aromatic nitrogens is 2. The maximum atomic E-state index is 12.6. The molecule has 0 radical (unpaired) electrons. The predicted molar refractivity (Wildman–Crippen MR) is 75.3 cm³/mol. The Morgan fingerprint density at radius 1 is 1.52 bits per heavy atom. The van der Waals surface area contributed by atoms with Gasteiger partial charge in [0, 0.05) is 19.2 Å². The van der Waals surface area contributed by atoms with Gasteiger partial charge in [0.2, 0.25) is 0 Å². The van der Waals surface area contributed by atoms with Gasteiger partial charge in [-0.1, -0.05) is 0 Å². The molecule has 1 heterocycles. The van der Waals surface area contributed by atoms with E-state index in [1.54, 1.807) is 20.8 Å². The van der Waals surface area contributed by atoms with Crippen LogP contribution in [0.5, 0.6) is 0 Å². The molecule has 0 atom stereocenters. The van der Waals surface area contributed by atoms with Crippen LogP contribution in [0.3, 0.4) is 0 Å². The molecule has 2 N–H and O–H groups in total. The third-order valence-electron chi connectivity index (χ3n) is 2.78. The molecule has 0 amide bonds. The molecule has 0 fully saturated rings. The summed E-state index contributed by atoms with van der Waals surface area (Å²) in [5.41, 5.74) is -0.119. The van der Waals surface area contributed by atoms with E-state index in [-0.39, 0.29) is 36.4 Å². The molecule has 120 valence electrons. The van der Waals surface area contributed by atoms with Crippen LogP contribution in [-0.2, 0) is 14.8 Å². The molecule has 0 aliphatic carbocycles. The number of carbonyl (C=O) groups excluding carboxylic acids is 1. The molecule has 8 nitrogen and oxygen atoms in total. The van der Waals surface area contributed by atoms with Crippen molar-refractivity contribution in [3.05, 3.63) is 11.8 Å². The molecule has 1 rings (SSSR count). The second kappa shape index (κ2) is 7.53. The molecule has 21 heavy (non-hydrogen) atoms. The summed E-state index contributed by atoms with van der Waals surface area (Å²) in [6.45, 7) is 5.24. The maximum Gasteiger partial charge on any atom is 0.342 e. The Balaban J connectivity index is 3.17. The zero-order chi connectivity index (χ0) is 16.0. The number of H-pyrrole nitrogens is 1. The van der Waals surface area contributed by atoms with Gasteiger partial charge in [-0.25, -0.2) is 13.2 Å². The van der Waals surface area contributed by atoms with Gasteiger partial charge in [-0.3, -0.25) is 5.10 Å². The number of nitrogens with zero attached hydrogens (tertiary/aromatic N) is 2. The predicted octanol–water partition coefficient (Wildman–Crippen LogP) is 0.368. The standard InChI is InChI=1S/C12H21N3O5S/c1-4-20-12(17)10-8-13-14-11(10)21(18,19)15(9(2)3)6-5-7-16/h8-9,16H,4-7H2,1-3H3,(H,13,14). The lowest BCUT2D eigenvalue weighted by atomic mass is 10.3. The van der Waals surface area contributed by atoms with Gasteiger partial charge in [0.05, 0.1) is 12.8 Å². The third-order valence-corrected chi connectivity index (χ3v) is 4.83. The van der Waals surface area contributed by atoms with Crippen molar-refractivity contribution in [2.24, 2.45) is 0 Å². The van der Waals surface area contributed by atoms with Gasteiger partial charge in [0.15, 0.2) is 5.03 Å². The quantitative estimate of drug-likeness (QED) is 0.669. The molecule has 1 aromatic rings. The van der Waals surface area contributed by atoms with Gasteiger partial charge in [-0.05, 0) is 27.2 Å². The molecule has 0 saturated carbocycles. The Labute approximate surface area is 124 Å². The first kappa shape index (κ1) is 17.6. The summed E-state index contributed by atoms with van der Waals surface area (Å²) >= 11 is 0. The van der Waals surface area contributed by atoms with Crippen LogP contribution in [0, 0.1) is 0 Å². The highest BCUT2D eigenvalue weighted by Gasteiger charge is 2.32. The molecular weight excluding hydrogens is 298 g/mol. The Hall–Kier alpha value is -1.45. The number of esters is 1. The minimum absolute atomic E-state index is 0.119. The molecule has 0 bridgehead atoms. The van der Waals surface area contributed by atoms with Crippen molar-refractivity contribution < 1.29 is 23.1 Å². The molecule has 0 unspecified atom stereocenters. The first-order chi connectivity index (χ1) is 9.86. The number of aliphatic hydroxyl groups is 1. The molecule has 0 spiro atoms. The summed E-state index contributed by atoms with van der Waals surface area (Å²) in [5.74, 6) is -0.740. The summed E-state index contributed by atoms with van der Waals surface area (Å²) in [6, 6.07) is -0.320. The van der Waals surface area contributed by atoms with Crippen LogP contribution in [0.25, 0.3) is 0 Å². The first-order valence-electron chi connectivity index (χ1n) is 6.69. The van der Waals surface area contributed by atoms with E-state index in [1.807, 2.05) is 0 Å². The number of hydrogen-bond donors (Lipinski definition) is 2. The van der Waals surface area contributed by atoms with Crippen LogP contribution in [0.4, 0.5) is 0 Å². The second-order valence-electron chi connectivity index (χ2n) is 4.62. The van der Waals surface area contributed by atoms with Gasteiger partial charge in [0.1, 0.15) is 5.56 Å². The monoisotopic (exact) mass is 319 g/mol. The average molecular weight is 319 g/mol. The first-order valence-corrected chi connectivity index (χ1v) is 8.13. The Morgan fingerprint density at radius 2 is 2.19 bits per heavy atom. The van der Waals surface area contributed by atoms with Gasteiger partial charge in [0.25, 0.3) is 10.0 Å². The van der Waals surface area contributed by atoms with E-state index in [4.69, 9.17) is 9.84 Å². The number of ether oxygens (including phenoxy) is 1. The molecule has 1 aromatic heterocycles. The van der Waals surface area contributed by atoms with Crippen molar-refractivity contribution in [1.29, 1.82) is 0 Å². The summed E-state index contributed by atoms with van der Waals surface area (Å²) < 4.78 is 31.3. The van der Waals surface area contributed by atoms with Crippen molar-refractivity contribution in [2.45, 2.75) is 38.3 Å². The van der Waals surface area contributed by atoms with Crippen LogP contribution in [0.2, 0.25) is 0 Å². The zero-order valence-electron chi connectivity index (χ0n) is 12.4. The topological polar surface area (TPSA) is 113 Å². The SMILES string of the molecule is CCOC(=O)c1cn[nH]c1S(=O)(=O)N(CCCO)C(C)C. The largest absolute Gasteiger partial charge is 0.462 e. The fourth-order valence-corrected chi connectivity index (χ4v) is 3.57. The molecule has 0 saturated heterocycles. The Morgan fingerprint density at radius 3 is 2.71 bits per heavy atom. The van der Waals surface area contributed by atoms with E-state index in [9.17, 15) is 13.2 Å². The Kier molecular flexibility index (Phi) is 6.31. The highest BCUT2D eigenvalue weighted by molar-refractivity contribution is 7.89. The van der Waals surface area contributed by atoms with Crippen LogP contribution in [0.15, 0.2) is 11.2 Å². The fourth-order valence-electron chi connectivity index (χ4n) is 1.82. The lowest BCUT2D eigenvalue weighted by Gasteiger charge is -2.25. The van der Waals surface area contributed by atoms with E-state index in [0.717, 1.165) is 6.20 Å². The highest BCUT2D eigenvalue weighted by Crippen LogP contribution is 2.20. The van der Waals surface area contributed by atoms with Gasteiger partial charge in [-0.2, -0.15) is 9.40 Å². The lowest BCUT2D eigenvalue weighted by molar-refractivity contribution is 0.0521. The molecule has 9 heteroatoms. The van der Waals surface area contributed by atoms with E-state index < -0.39 is 16.0 Å². The third kappa shape index (κ3) is 4.02. The summed E-state index contributed by atoms with van der Waals surface area (Å²) in [7, 11) is -3.92. The maximum absolute atomic E-state index is 12.6. The number of aromatic amines is 1. The van der Waals surface area contributed by atoms with Gasteiger partial charge >= 0.3 is 5.97 Å². The molecule has 0 aliphatic rings. The van der Waals surface area contributed by atoms with Crippen molar-refractivity contribution in [3.63, 3.8) is 0 Å². The number of aliphatic hydroxyl groups excluding tert-OH is 1. The van der Waals surface area contributed by atoms with Gasteiger partial charge in [-0.15, -0.1) is 0 Å². The van der Waals surface area contributed by atoms with E-state index in [2.05, 4.69) is 10.2 Å². The molecule has 0 aliphatic heterocycles. The van der Waals surface area contributed by atoms with Crippen LogP contribution >= 0.6 is 0 Å². The fraction of sp³-hybridized carbons (Fsp3) is 0.667. The van der Waals surface area contributed by atoms with Crippen LogP contribution in [-0.4, -0.2) is 59.8 Å². The number of nitrogens with one attached hydrogen (secondary N) is 1. The number of rotatable bonds is 8. The van der Waals surface area contributed by atoms with Crippen molar-refractivity contribution in [2.75, 3.05) is 19.8 Å². The summed E-state index contributed by atoms with van der Waals surface area (Å²) in [4.78, 5) is 11.8. The minimum atomic E-state index is -3.92. The van der Waals surface area contributed by atoms with Crippen molar-refractivity contribution in [3.8, 4) is 0 Å². The van der Waals surface area contributed by atoms with E-state index in [0.29, 0.717) is 6.42 Å².